The van der Waals surface area contributed by atoms with E-state index >= 15 is 0 Å². The number of nitrogens with one attached hydrogen (secondary N) is 9. The first kappa shape index (κ1) is 59.8. The number of hydrogen-bond acceptors (Lipinski definition) is 12. The number of primary amides is 1. The third-order valence-electron chi connectivity index (χ3n) is 12.1. The number of benzene rings is 2. The molecule has 7 atom stereocenters. The number of H-pyrrole nitrogens is 1. The molecule has 1 aliphatic heterocycles. The van der Waals surface area contributed by atoms with Crippen molar-refractivity contribution in [3.05, 3.63) is 71.9 Å². The molecular formula is C49H70N16O11. The Balaban J connectivity index is 1.78. The fourth-order valence-corrected chi connectivity index (χ4v) is 8.19. The zero-order valence-electron chi connectivity index (χ0n) is 42.2. The van der Waals surface area contributed by atoms with Crippen LogP contribution in [0.5, 0.6) is 0 Å². The number of aliphatic imine (C=N–C) groups is 2. The van der Waals surface area contributed by atoms with Crippen molar-refractivity contribution in [3.63, 3.8) is 0 Å². The van der Waals surface area contributed by atoms with Crippen LogP contribution in [0.3, 0.4) is 0 Å². The summed E-state index contributed by atoms with van der Waals surface area (Å²) >= 11 is 0. The topological polar surface area (TPSA) is 458 Å². The molecular weight excluding hydrogens is 989 g/mol. The highest BCUT2D eigenvalue weighted by Crippen LogP contribution is 2.20. The van der Waals surface area contributed by atoms with Gasteiger partial charge in [-0.05, 0) is 68.6 Å². The highest BCUT2D eigenvalue weighted by molar-refractivity contribution is 5.98. The van der Waals surface area contributed by atoms with Gasteiger partial charge in [0.05, 0.1) is 0 Å². The molecule has 0 bridgehead atoms. The van der Waals surface area contributed by atoms with Gasteiger partial charge in [0.25, 0.3) is 0 Å². The van der Waals surface area contributed by atoms with Gasteiger partial charge in [0.15, 0.2) is 11.9 Å². The van der Waals surface area contributed by atoms with Crippen molar-refractivity contribution in [3.8, 4) is 0 Å². The SMILES string of the molecule is CC(=O)NC(CCCN=C(N)N)C(=O)NC1CCC(=O)NCCCC(C(=O)O)NC(=O)[C@H](Cc2c[nH]c3ccccc23)NC(=O)[C@H](CCCN=C(N)N)NC(=O)C(Cc2ccccc2)NC(=O)[C@H](CCC(N)=O)NC1=O. The number of carboxylic acid groups (broad SMARTS) is 1. The van der Waals surface area contributed by atoms with E-state index in [0.717, 1.165) is 10.9 Å². The molecule has 1 fully saturated rings. The minimum atomic E-state index is -1.60. The van der Waals surface area contributed by atoms with Crippen LogP contribution in [0, 0.1) is 0 Å². The van der Waals surface area contributed by atoms with Crippen molar-refractivity contribution >= 4 is 82.0 Å². The van der Waals surface area contributed by atoms with Gasteiger partial charge in [0, 0.05) is 69.3 Å². The number of guanidine groups is 2. The Bertz CT molecular complexity index is 2580. The molecule has 3 aromatic rings. The molecule has 0 aliphatic carbocycles. The maximum atomic E-state index is 14.6. The van der Waals surface area contributed by atoms with E-state index < -0.39 is 121 Å². The largest absolute Gasteiger partial charge is 0.480 e. The molecule has 27 nitrogen and oxygen atoms in total. The molecule has 76 heavy (non-hydrogen) atoms. The van der Waals surface area contributed by atoms with Gasteiger partial charge in [-0.2, -0.15) is 0 Å². The Morgan fingerprint density at radius 1 is 0.697 bits per heavy atom. The second-order valence-corrected chi connectivity index (χ2v) is 18.1. The molecule has 412 valence electrons. The molecule has 9 amide bonds. The maximum Gasteiger partial charge on any atom is 0.326 e. The monoisotopic (exact) mass is 1060 g/mol. The van der Waals surface area contributed by atoms with Crippen molar-refractivity contribution in [1.82, 2.24) is 47.5 Å². The summed E-state index contributed by atoms with van der Waals surface area (Å²) < 4.78 is 0. The van der Waals surface area contributed by atoms with E-state index in [4.69, 9.17) is 28.7 Å². The van der Waals surface area contributed by atoms with Crippen LogP contribution in [0.25, 0.3) is 10.9 Å². The third kappa shape index (κ3) is 20.6. The first-order valence-electron chi connectivity index (χ1n) is 24.8. The standard InChI is InChI=1S/C49H70N16O11/c1-27(66)59-32(14-7-22-56-48(51)52)41(69)62-35-18-20-40(68)55-21-9-16-36(47(75)76)63-46(74)38(25-29-26-58-31-13-6-5-12-30(29)31)65-42(70)33(15-8-23-57-49(53)54)60-45(73)37(24-28-10-3-2-4-11-28)64-44(72)34(61-43(35)71)17-19-39(50)67/h2-6,10-13,26,32-38,58H,7-9,14-25H2,1H3,(H2,50,67)(H,55,68)(H,59,66)(H,60,73)(H,61,71)(H,62,69)(H,63,74)(H,64,72)(H,65,70)(H,75,76)(H4,51,52,56)(H4,53,54,57)/t32?,33-,34-,35?,36?,37?,38-/m0/s1. The number of aromatic nitrogens is 1. The summed E-state index contributed by atoms with van der Waals surface area (Å²) in [5, 5.41) is 31.7. The Morgan fingerprint density at radius 3 is 1.92 bits per heavy atom. The van der Waals surface area contributed by atoms with Crippen LogP contribution in [-0.2, 0) is 60.8 Å². The molecule has 1 aromatic heterocycles. The lowest BCUT2D eigenvalue weighted by atomic mass is 10.0. The molecule has 1 saturated heterocycles. The van der Waals surface area contributed by atoms with Crippen molar-refractivity contribution in [2.75, 3.05) is 19.6 Å². The predicted octanol–water partition coefficient (Wildman–Crippen LogP) is -3.49. The second-order valence-electron chi connectivity index (χ2n) is 18.1. The van der Waals surface area contributed by atoms with E-state index in [9.17, 15) is 53.1 Å². The van der Waals surface area contributed by atoms with Crippen LogP contribution in [0.1, 0.15) is 82.3 Å². The summed E-state index contributed by atoms with van der Waals surface area (Å²) in [6.45, 7) is 1.18. The summed E-state index contributed by atoms with van der Waals surface area (Å²) in [4.78, 5) is 147. The van der Waals surface area contributed by atoms with Gasteiger partial charge >= 0.3 is 5.97 Å². The normalized spacial score (nSPS) is 20.9. The summed E-state index contributed by atoms with van der Waals surface area (Å²) in [6, 6.07) is 5.38. The van der Waals surface area contributed by atoms with Crippen molar-refractivity contribution in [1.29, 1.82) is 0 Å². The fraction of sp³-hybridized carbons (Fsp3) is 0.469. The third-order valence-corrected chi connectivity index (χ3v) is 12.1. The average molecular weight is 1060 g/mol. The van der Waals surface area contributed by atoms with Crippen LogP contribution in [0.15, 0.2) is 70.8 Å². The number of carboxylic acids is 1. The number of carbonyl (C=O) groups excluding carboxylic acids is 9. The number of aromatic amines is 1. The lowest BCUT2D eigenvalue weighted by Gasteiger charge is -2.28. The Hall–Kier alpha value is -8.78. The number of fused-ring (bicyclic) bond motifs is 1. The van der Waals surface area contributed by atoms with Crippen LogP contribution >= 0.6 is 0 Å². The minimum Gasteiger partial charge on any atom is -0.480 e. The molecule has 2 aromatic carbocycles. The Labute approximate surface area is 437 Å². The van der Waals surface area contributed by atoms with E-state index in [1.807, 2.05) is 0 Å². The molecule has 0 spiro atoms. The van der Waals surface area contributed by atoms with Crippen LogP contribution < -0.4 is 71.2 Å². The van der Waals surface area contributed by atoms with Gasteiger partial charge in [-0.1, -0.05) is 48.5 Å². The minimum absolute atomic E-state index is 0.00680. The fourth-order valence-electron chi connectivity index (χ4n) is 8.19. The molecule has 1 aliphatic rings. The van der Waals surface area contributed by atoms with Gasteiger partial charge in [0.2, 0.25) is 53.2 Å². The van der Waals surface area contributed by atoms with E-state index in [1.54, 1.807) is 60.8 Å². The average Bonchev–Trinajstić information content (AvgIpc) is 3.78. The maximum absolute atomic E-state index is 14.6. The number of carbonyl (C=O) groups is 10. The lowest BCUT2D eigenvalue weighted by molar-refractivity contribution is -0.142. The second kappa shape index (κ2) is 30.4. The van der Waals surface area contributed by atoms with Crippen molar-refractivity contribution in [2.24, 2.45) is 38.7 Å². The Morgan fingerprint density at radius 2 is 1.28 bits per heavy atom. The summed E-state index contributed by atoms with van der Waals surface area (Å²) in [5.74, 6) is -9.41. The number of hydrogen-bond donors (Lipinski definition) is 15. The Kier molecular flexibility index (Phi) is 23.9. The quantitative estimate of drug-likeness (QED) is 0.0315. The van der Waals surface area contributed by atoms with Gasteiger partial charge in [0.1, 0.15) is 42.3 Å². The number of nitrogens with zero attached hydrogens (tertiary/aromatic N) is 2. The number of nitrogens with two attached hydrogens (primary N) is 5. The molecule has 0 radical (unpaired) electrons. The number of rotatable bonds is 19. The summed E-state index contributed by atoms with van der Waals surface area (Å²) in [5.41, 5.74) is 29.3. The van der Waals surface area contributed by atoms with E-state index in [-0.39, 0.29) is 89.3 Å². The van der Waals surface area contributed by atoms with Crippen molar-refractivity contribution in [2.45, 2.75) is 126 Å². The number of para-hydroxylation sites is 1. The molecule has 2 heterocycles. The molecule has 27 heteroatoms. The molecule has 4 rings (SSSR count). The van der Waals surface area contributed by atoms with E-state index in [0.29, 0.717) is 11.1 Å². The first-order chi connectivity index (χ1) is 36.2. The van der Waals surface area contributed by atoms with Crippen molar-refractivity contribution < 1.29 is 53.1 Å². The highest BCUT2D eigenvalue weighted by atomic mass is 16.4. The van der Waals surface area contributed by atoms with E-state index in [1.165, 1.54) is 6.92 Å². The zero-order valence-corrected chi connectivity index (χ0v) is 42.2. The zero-order chi connectivity index (χ0) is 55.7. The number of amides is 9. The summed E-state index contributed by atoms with van der Waals surface area (Å²) in [6.07, 6.45) is -0.265. The highest BCUT2D eigenvalue weighted by Gasteiger charge is 2.35. The number of aliphatic carboxylic acids is 1. The first-order valence-corrected chi connectivity index (χ1v) is 24.8. The van der Waals surface area contributed by atoms with Gasteiger partial charge in [-0.25, -0.2) is 4.79 Å². The van der Waals surface area contributed by atoms with Crippen LogP contribution in [0.4, 0.5) is 0 Å². The molecule has 20 N–H and O–H groups in total. The van der Waals surface area contributed by atoms with Gasteiger partial charge in [-0.15, -0.1) is 0 Å². The predicted molar refractivity (Wildman–Crippen MR) is 279 cm³/mol. The summed E-state index contributed by atoms with van der Waals surface area (Å²) in [7, 11) is 0. The lowest BCUT2D eigenvalue weighted by Crippen LogP contribution is -2.60. The van der Waals surface area contributed by atoms with E-state index in [2.05, 4.69) is 57.5 Å². The van der Waals surface area contributed by atoms with Gasteiger partial charge in [-0.3, -0.25) is 53.1 Å². The van der Waals surface area contributed by atoms with Crippen LogP contribution in [0.2, 0.25) is 0 Å². The van der Waals surface area contributed by atoms with Gasteiger partial charge < -0.3 is 81.3 Å². The molecule has 4 unspecified atom stereocenters. The van der Waals surface area contributed by atoms with Crippen LogP contribution in [-0.4, -0.2) is 143 Å². The smallest absolute Gasteiger partial charge is 0.326 e. The molecule has 0 saturated carbocycles.